The molecular formula is C13H15N3O3. The molecule has 0 bridgehead atoms. The van der Waals surface area contributed by atoms with E-state index in [4.69, 9.17) is 10.8 Å². The molecule has 0 atom stereocenters. The molecule has 0 saturated heterocycles. The van der Waals surface area contributed by atoms with E-state index in [0.29, 0.717) is 13.0 Å². The van der Waals surface area contributed by atoms with Crippen LogP contribution >= 0.6 is 0 Å². The van der Waals surface area contributed by atoms with Crippen molar-refractivity contribution in [1.29, 1.82) is 0 Å². The van der Waals surface area contributed by atoms with Crippen LogP contribution in [0.15, 0.2) is 35.1 Å². The zero-order chi connectivity index (χ0) is 13.8. The van der Waals surface area contributed by atoms with Gasteiger partial charge in [-0.2, -0.15) is 0 Å². The summed E-state index contributed by atoms with van der Waals surface area (Å²) in [4.78, 5) is 24.9. The molecule has 0 aliphatic rings. The predicted octanol–water partition coefficient (Wildman–Crippen LogP) is 1.09. The van der Waals surface area contributed by atoms with E-state index in [0.717, 1.165) is 12.0 Å². The second-order valence-electron chi connectivity index (χ2n) is 4.24. The van der Waals surface area contributed by atoms with E-state index < -0.39 is 11.7 Å². The second kappa shape index (κ2) is 5.43. The molecular weight excluding hydrogens is 246 g/mol. The number of nitrogen functional groups attached to an aromatic ring is 1. The molecule has 1 heterocycles. The molecule has 0 aliphatic heterocycles. The lowest BCUT2D eigenvalue weighted by molar-refractivity contribution is 0.0685. The summed E-state index contributed by atoms with van der Waals surface area (Å²) >= 11 is 0. The minimum absolute atomic E-state index is 0.0998. The van der Waals surface area contributed by atoms with Crippen molar-refractivity contribution in [2.24, 2.45) is 0 Å². The molecule has 6 heteroatoms. The maximum atomic E-state index is 11.6. The third-order valence-electron chi connectivity index (χ3n) is 2.90. The quantitative estimate of drug-likeness (QED) is 0.749. The molecule has 0 saturated carbocycles. The number of aromatic carboxylic acids is 1. The molecule has 0 fully saturated rings. The normalized spacial score (nSPS) is 10.5. The Balaban J connectivity index is 2.08. The maximum absolute atomic E-state index is 11.6. The Hall–Kier alpha value is -2.50. The molecule has 0 aliphatic carbocycles. The number of carboxylic acids is 1. The number of carboxylic acid groups (broad SMARTS) is 1. The first-order chi connectivity index (χ1) is 9.09. The van der Waals surface area contributed by atoms with Crippen LogP contribution in [0.2, 0.25) is 0 Å². The first-order valence-corrected chi connectivity index (χ1v) is 5.95. The van der Waals surface area contributed by atoms with Crippen molar-refractivity contribution in [1.82, 2.24) is 9.55 Å². The number of aryl methyl sites for hydroxylation is 1. The van der Waals surface area contributed by atoms with Gasteiger partial charge in [0, 0.05) is 6.54 Å². The van der Waals surface area contributed by atoms with Crippen molar-refractivity contribution < 1.29 is 9.90 Å². The molecule has 1 aromatic heterocycles. The number of nitrogens with one attached hydrogen (secondary N) is 1. The van der Waals surface area contributed by atoms with Gasteiger partial charge in [-0.15, -0.1) is 0 Å². The number of aromatic nitrogens is 2. The molecule has 0 spiro atoms. The van der Waals surface area contributed by atoms with Crippen LogP contribution in [0.4, 0.5) is 5.82 Å². The summed E-state index contributed by atoms with van der Waals surface area (Å²) in [6.45, 7) is 0.322. The number of nitrogens with two attached hydrogens (primary N) is 1. The third-order valence-corrected chi connectivity index (χ3v) is 2.90. The van der Waals surface area contributed by atoms with Gasteiger partial charge in [0.1, 0.15) is 5.82 Å². The molecule has 0 radical (unpaired) electrons. The highest BCUT2D eigenvalue weighted by atomic mass is 16.4. The number of anilines is 1. The number of H-pyrrole nitrogens is 1. The highest BCUT2D eigenvalue weighted by molar-refractivity contribution is 5.90. The van der Waals surface area contributed by atoms with E-state index in [2.05, 4.69) is 4.98 Å². The van der Waals surface area contributed by atoms with E-state index in [1.807, 2.05) is 30.3 Å². The van der Waals surface area contributed by atoms with Crippen LogP contribution in [0.1, 0.15) is 22.5 Å². The fraction of sp³-hybridized carbons (Fsp3) is 0.231. The summed E-state index contributed by atoms with van der Waals surface area (Å²) in [7, 11) is 0. The Bertz CT molecular complexity index is 628. The first kappa shape index (κ1) is 12.9. The molecule has 1 aromatic carbocycles. The monoisotopic (exact) mass is 261 g/mol. The summed E-state index contributed by atoms with van der Waals surface area (Å²) in [6, 6.07) is 9.80. The SMILES string of the molecule is Nc1[nH]c(=O)n(CCCc2ccccc2)c1C(=O)O. The van der Waals surface area contributed by atoms with E-state index in [1.165, 1.54) is 4.57 Å². The van der Waals surface area contributed by atoms with E-state index in [1.54, 1.807) is 0 Å². The average Bonchev–Trinajstić information content (AvgIpc) is 2.65. The topological polar surface area (TPSA) is 101 Å². The van der Waals surface area contributed by atoms with Gasteiger partial charge in [-0.3, -0.25) is 9.55 Å². The fourth-order valence-corrected chi connectivity index (χ4v) is 2.02. The number of aromatic amines is 1. The standard InChI is InChI=1S/C13H15N3O3/c14-11-10(12(17)18)16(13(19)15-11)8-4-7-9-5-2-1-3-6-9/h1-3,5-6H,4,7-8,14H2,(H,15,19)(H,17,18). The van der Waals surface area contributed by atoms with Crippen molar-refractivity contribution in [2.75, 3.05) is 5.73 Å². The van der Waals surface area contributed by atoms with Gasteiger partial charge in [0.15, 0.2) is 5.69 Å². The fourth-order valence-electron chi connectivity index (χ4n) is 2.02. The molecule has 0 amide bonds. The number of rotatable bonds is 5. The molecule has 19 heavy (non-hydrogen) atoms. The first-order valence-electron chi connectivity index (χ1n) is 5.95. The summed E-state index contributed by atoms with van der Waals surface area (Å²) < 4.78 is 1.17. The zero-order valence-corrected chi connectivity index (χ0v) is 10.3. The van der Waals surface area contributed by atoms with Crippen LogP contribution < -0.4 is 11.4 Å². The molecule has 0 unspecified atom stereocenters. The van der Waals surface area contributed by atoms with E-state index in [9.17, 15) is 9.59 Å². The molecule has 2 aromatic rings. The largest absolute Gasteiger partial charge is 0.476 e. The van der Waals surface area contributed by atoms with Gasteiger partial charge in [0.2, 0.25) is 0 Å². The summed E-state index contributed by atoms with van der Waals surface area (Å²) in [5.41, 5.74) is 5.97. The third kappa shape index (κ3) is 2.85. The Kier molecular flexibility index (Phi) is 3.70. The summed E-state index contributed by atoms with van der Waals surface area (Å²) in [5, 5.41) is 9.02. The minimum atomic E-state index is -1.20. The average molecular weight is 261 g/mol. The highest BCUT2D eigenvalue weighted by Crippen LogP contribution is 2.09. The number of benzene rings is 1. The van der Waals surface area contributed by atoms with E-state index in [-0.39, 0.29) is 11.5 Å². The summed E-state index contributed by atoms with van der Waals surface area (Å²) in [6.07, 6.45) is 1.44. The zero-order valence-electron chi connectivity index (χ0n) is 10.3. The highest BCUT2D eigenvalue weighted by Gasteiger charge is 2.17. The van der Waals surface area contributed by atoms with Gasteiger partial charge >= 0.3 is 11.7 Å². The van der Waals surface area contributed by atoms with Crippen molar-refractivity contribution in [2.45, 2.75) is 19.4 Å². The lowest BCUT2D eigenvalue weighted by atomic mass is 10.1. The number of hydrogen-bond acceptors (Lipinski definition) is 3. The van der Waals surface area contributed by atoms with Gasteiger partial charge in [0.05, 0.1) is 0 Å². The van der Waals surface area contributed by atoms with Gasteiger partial charge < -0.3 is 10.8 Å². The van der Waals surface area contributed by atoms with Gasteiger partial charge in [-0.25, -0.2) is 9.59 Å². The molecule has 100 valence electrons. The number of hydrogen-bond donors (Lipinski definition) is 3. The van der Waals surface area contributed by atoms with Crippen molar-refractivity contribution in [3.63, 3.8) is 0 Å². The summed E-state index contributed by atoms with van der Waals surface area (Å²) in [5.74, 6) is -1.30. The van der Waals surface area contributed by atoms with Gasteiger partial charge in [-0.1, -0.05) is 30.3 Å². The van der Waals surface area contributed by atoms with Crippen LogP contribution in [0.25, 0.3) is 0 Å². The smallest absolute Gasteiger partial charge is 0.356 e. The Morgan fingerprint density at radius 3 is 2.63 bits per heavy atom. The number of nitrogens with zero attached hydrogens (tertiary/aromatic N) is 1. The number of carbonyl (C=O) groups is 1. The Labute approximate surface area is 109 Å². The van der Waals surface area contributed by atoms with Crippen LogP contribution in [-0.4, -0.2) is 20.6 Å². The molecule has 4 N–H and O–H groups in total. The number of imidazole rings is 1. The Morgan fingerprint density at radius 2 is 2.00 bits per heavy atom. The van der Waals surface area contributed by atoms with Crippen molar-refractivity contribution >= 4 is 11.8 Å². The van der Waals surface area contributed by atoms with Gasteiger partial charge in [-0.05, 0) is 18.4 Å². The van der Waals surface area contributed by atoms with Gasteiger partial charge in [0.25, 0.3) is 0 Å². The predicted molar refractivity (Wildman–Crippen MR) is 71.2 cm³/mol. The van der Waals surface area contributed by atoms with Crippen LogP contribution in [-0.2, 0) is 13.0 Å². The van der Waals surface area contributed by atoms with Crippen LogP contribution in [0.5, 0.6) is 0 Å². The van der Waals surface area contributed by atoms with E-state index >= 15 is 0 Å². The minimum Gasteiger partial charge on any atom is -0.476 e. The maximum Gasteiger partial charge on any atom is 0.356 e. The van der Waals surface area contributed by atoms with Crippen LogP contribution in [0.3, 0.4) is 0 Å². The molecule has 2 rings (SSSR count). The Morgan fingerprint density at radius 1 is 1.32 bits per heavy atom. The van der Waals surface area contributed by atoms with Crippen molar-refractivity contribution in [3.8, 4) is 0 Å². The van der Waals surface area contributed by atoms with Crippen molar-refractivity contribution in [3.05, 3.63) is 52.1 Å². The second-order valence-corrected chi connectivity index (χ2v) is 4.24. The van der Waals surface area contributed by atoms with Crippen LogP contribution in [0, 0.1) is 0 Å². The lowest BCUT2D eigenvalue weighted by Crippen LogP contribution is -2.21. The lowest BCUT2D eigenvalue weighted by Gasteiger charge is -2.04. The molecule has 6 nitrogen and oxygen atoms in total.